The highest BCUT2D eigenvalue weighted by Gasteiger charge is 2.45. The van der Waals surface area contributed by atoms with Crippen LogP contribution in [0.1, 0.15) is 0 Å². The van der Waals surface area contributed by atoms with Gasteiger partial charge >= 0.3 is 0 Å². The van der Waals surface area contributed by atoms with Crippen LogP contribution in [0.5, 0.6) is 0 Å². The summed E-state index contributed by atoms with van der Waals surface area (Å²) < 4.78 is 5.17. The topological polar surface area (TPSA) is 11.4 Å². The summed E-state index contributed by atoms with van der Waals surface area (Å²) in [5, 5.41) is 3.82. The Labute approximate surface area is 288 Å². The molecule has 2 aliphatic rings. The van der Waals surface area contributed by atoms with Gasteiger partial charge in [-0.3, -0.25) is 0 Å². The van der Waals surface area contributed by atoms with Gasteiger partial charge in [0, 0.05) is 54.1 Å². The smallest absolute Gasteiger partial charge is 0.264 e. The Balaban J connectivity index is 1.33. The minimum atomic E-state index is 0.0979. The molecule has 0 atom stereocenters. The summed E-state index contributed by atoms with van der Waals surface area (Å²) in [6, 6.07) is 62.3. The first kappa shape index (κ1) is 27.0. The fourth-order valence-corrected chi connectivity index (χ4v) is 9.71. The Morgan fingerprint density at radius 1 is 0.429 bits per heavy atom. The number of anilines is 6. The monoisotopic (exact) mass is 641 g/mol. The van der Waals surface area contributed by atoms with Crippen molar-refractivity contribution in [3.8, 4) is 5.69 Å². The molecule has 2 aliphatic heterocycles. The molecule has 5 heteroatoms. The van der Waals surface area contributed by atoms with Gasteiger partial charge in [0.2, 0.25) is 0 Å². The molecule has 0 N–H and O–H groups in total. The number of fused-ring (bicyclic) bond motifs is 9. The highest BCUT2D eigenvalue weighted by atomic mass is 32.1. The molecule has 0 bridgehead atoms. The van der Waals surface area contributed by atoms with Crippen LogP contribution in [0.2, 0.25) is 0 Å². The van der Waals surface area contributed by atoms with E-state index in [4.69, 9.17) is 0 Å². The van der Waals surface area contributed by atoms with E-state index in [0.29, 0.717) is 0 Å². The maximum absolute atomic E-state index is 2.54. The number of para-hydroxylation sites is 5. The van der Waals surface area contributed by atoms with Crippen molar-refractivity contribution in [3.05, 3.63) is 170 Å². The SMILES string of the molecule is c1ccc(N2c3ccccc3B3c4sc5ccccc5c4N(c4ccccc4)c4cc(-n5c6ccccc6c6ccccc65)cc2c43)cc1. The summed E-state index contributed by atoms with van der Waals surface area (Å²) in [5.74, 6) is 0. The van der Waals surface area contributed by atoms with Crippen LogP contribution in [0.15, 0.2) is 170 Å². The van der Waals surface area contributed by atoms with E-state index in [1.165, 1.54) is 70.3 Å². The number of rotatable bonds is 3. The molecule has 9 aromatic rings. The first-order valence-electron chi connectivity index (χ1n) is 16.8. The van der Waals surface area contributed by atoms with E-state index in [-0.39, 0.29) is 6.71 Å². The number of thiophene rings is 1. The summed E-state index contributed by atoms with van der Waals surface area (Å²) in [5.41, 5.74) is 13.5. The van der Waals surface area contributed by atoms with E-state index in [2.05, 4.69) is 184 Å². The summed E-state index contributed by atoms with van der Waals surface area (Å²) in [6.07, 6.45) is 0. The lowest BCUT2D eigenvalue weighted by Gasteiger charge is -2.43. The summed E-state index contributed by atoms with van der Waals surface area (Å²) in [4.78, 5) is 5.03. The first-order chi connectivity index (χ1) is 24.3. The van der Waals surface area contributed by atoms with Crippen LogP contribution in [0, 0.1) is 0 Å². The van der Waals surface area contributed by atoms with Crippen molar-refractivity contribution >= 4 is 99.8 Å². The lowest BCUT2D eigenvalue weighted by Crippen LogP contribution is -2.60. The molecule has 7 aromatic carbocycles. The Kier molecular flexibility index (Phi) is 5.63. The van der Waals surface area contributed by atoms with E-state index in [1.54, 1.807) is 0 Å². The number of hydrogen-bond donors (Lipinski definition) is 0. The highest BCUT2D eigenvalue weighted by molar-refractivity contribution is 7.33. The van der Waals surface area contributed by atoms with Gasteiger partial charge in [0.05, 0.1) is 22.4 Å². The average Bonchev–Trinajstić information content (AvgIpc) is 3.71. The third-order valence-corrected chi connectivity index (χ3v) is 11.6. The zero-order chi connectivity index (χ0) is 32.1. The molecule has 0 saturated heterocycles. The lowest BCUT2D eigenvalue weighted by atomic mass is 9.36. The minimum Gasteiger partial charge on any atom is -0.311 e. The molecule has 0 radical (unpaired) electrons. The average molecular weight is 642 g/mol. The second-order valence-corrected chi connectivity index (χ2v) is 14.0. The van der Waals surface area contributed by atoms with Gasteiger partial charge < -0.3 is 14.4 Å². The molecule has 4 heterocycles. The molecule has 0 unspecified atom stereocenters. The predicted octanol–water partition coefficient (Wildman–Crippen LogP) is 10.1. The van der Waals surface area contributed by atoms with Gasteiger partial charge in [-0.25, -0.2) is 0 Å². The molecule has 0 fully saturated rings. The molecule has 0 spiro atoms. The normalized spacial score (nSPS) is 13.2. The Hall–Kier alpha value is -6.04. The number of nitrogens with zero attached hydrogens (tertiary/aromatic N) is 3. The van der Waals surface area contributed by atoms with Gasteiger partial charge in [-0.15, -0.1) is 11.3 Å². The Morgan fingerprint density at radius 3 is 1.65 bits per heavy atom. The first-order valence-corrected chi connectivity index (χ1v) is 17.6. The molecule has 3 nitrogen and oxygen atoms in total. The molecular formula is C44H28BN3S. The summed E-state index contributed by atoms with van der Waals surface area (Å²) >= 11 is 1.94. The molecule has 2 aromatic heterocycles. The van der Waals surface area contributed by atoms with Gasteiger partial charge in [0.25, 0.3) is 6.71 Å². The van der Waals surface area contributed by atoms with Gasteiger partial charge in [0.1, 0.15) is 0 Å². The van der Waals surface area contributed by atoms with E-state index >= 15 is 0 Å². The van der Waals surface area contributed by atoms with Crippen molar-refractivity contribution in [2.45, 2.75) is 0 Å². The van der Waals surface area contributed by atoms with Crippen LogP contribution >= 0.6 is 11.3 Å². The van der Waals surface area contributed by atoms with Crippen molar-refractivity contribution in [2.75, 3.05) is 9.80 Å². The number of benzene rings is 7. The highest BCUT2D eigenvalue weighted by Crippen LogP contribution is 2.49. The summed E-state index contributed by atoms with van der Waals surface area (Å²) in [7, 11) is 0. The van der Waals surface area contributed by atoms with Crippen molar-refractivity contribution < 1.29 is 0 Å². The minimum absolute atomic E-state index is 0.0979. The summed E-state index contributed by atoms with van der Waals surface area (Å²) in [6.45, 7) is 0.0979. The van der Waals surface area contributed by atoms with Crippen molar-refractivity contribution in [3.63, 3.8) is 0 Å². The van der Waals surface area contributed by atoms with Crippen LogP contribution in [0.25, 0.3) is 37.6 Å². The van der Waals surface area contributed by atoms with Crippen LogP contribution in [0.4, 0.5) is 34.1 Å². The standard InChI is InChI=1S/C44H28BN3S/c1-3-15-29(16-4-1)46-38-25-13-10-22-35(38)45-42-39(46)27-31(47-36-23-11-7-19-32(36)33-20-8-12-24-37(33)47)28-40(42)48(30-17-5-2-6-18-30)43-34-21-9-14-26-41(34)49-44(43)45/h1-28H. The molecule has 228 valence electrons. The molecule has 0 aliphatic carbocycles. The van der Waals surface area contributed by atoms with Crippen molar-refractivity contribution in [1.82, 2.24) is 4.57 Å². The van der Waals surface area contributed by atoms with Gasteiger partial charge in [-0.1, -0.05) is 109 Å². The maximum Gasteiger partial charge on any atom is 0.264 e. The Morgan fingerprint density at radius 2 is 0.959 bits per heavy atom. The van der Waals surface area contributed by atoms with E-state index in [9.17, 15) is 0 Å². The molecule has 0 amide bonds. The molecule has 11 rings (SSSR count). The second-order valence-electron chi connectivity index (χ2n) is 12.9. The number of hydrogen-bond acceptors (Lipinski definition) is 3. The quantitative estimate of drug-likeness (QED) is 0.178. The zero-order valence-corrected chi connectivity index (χ0v) is 27.3. The van der Waals surface area contributed by atoms with Crippen molar-refractivity contribution in [2.24, 2.45) is 0 Å². The third-order valence-electron chi connectivity index (χ3n) is 10.3. The fraction of sp³-hybridized carbons (Fsp3) is 0. The zero-order valence-electron chi connectivity index (χ0n) is 26.5. The molecule has 0 saturated carbocycles. The van der Waals surface area contributed by atoms with E-state index in [1.807, 2.05) is 11.3 Å². The largest absolute Gasteiger partial charge is 0.311 e. The maximum atomic E-state index is 2.54. The van der Waals surface area contributed by atoms with Gasteiger partial charge in [0.15, 0.2) is 0 Å². The van der Waals surface area contributed by atoms with E-state index < -0.39 is 0 Å². The Bertz CT molecular complexity index is 2690. The molecule has 49 heavy (non-hydrogen) atoms. The number of aromatic nitrogens is 1. The lowest BCUT2D eigenvalue weighted by molar-refractivity contribution is 1.16. The van der Waals surface area contributed by atoms with Crippen LogP contribution in [-0.4, -0.2) is 11.3 Å². The van der Waals surface area contributed by atoms with Crippen LogP contribution in [0.3, 0.4) is 0 Å². The molecular weight excluding hydrogens is 613 g/mol. The van der Waals surface area contributed by atoms with Gasteiger partial charge in [-0.05, 0) is 71.6 Å². The van der Waals surface area contributed by atoms with Gasteiger partial charge in [-0.2, -0.15) is 0 Å². The fourth-order valence-electron chi connectivity index (χ4n) is 8.40. The van der Waals surface area contributed by atoms with Crippen LogP contribution < -0.4 is 25.5 Å². The third kappa shape index (κ3) is 3.73. The van der Waals surface area contributed by atoms with Crippen LogP contribution in [-0.2, 0) is 0 Å². The van der Waals surface area contributed by atoms with Crippen molar-refractivity contribution in [1.29, 1.82) is 0 Å². The predicted molar refractivity (Wildman–Crippen MR) is 210 cm³/mol. The second kappa shape index (κ2) is 10.2. The van der Waals surface area contributed by atoms with E-state index in [0.717, 1.165) is 17.1 Å².